The van der Waals surface area contributed by atoms with E-state index in [1.165, 1.54) is 39.2 Å². The SMILES string of the molecule is CCC(=O)[C@]1(O)Cc2c(O)c3c(c(O)c2[C@@H](O[C@H]2C[C@H](NOC(=O)c4cc(=O)[nH]c(=O)[nH]4)[C@H](O)[C@H](C)O2)C1)C(=O)c1c(OC)cccc1C3=O. The number of carbonyl (C=O) groups excluding carboxylic acids is 4. The van der Waals surface area contributed by atoms with Crippen LogP contribution in [0.15, 0.2) is 33.9 Å². The third-order valence-corrected chi connectivity index (χ3v) is 9.22. The number of carbonyl (C=O) groups is 4. The van der Waals surface area contributed by atoms with Crippen molar-refractivity contribution < 1.29 is 58.7 Å². The molecule has 0 saturated carbocycles. The zero-order valence-electron chi connectivity index (χ0n) is 26.9. The number of Topliss-reactive ketones (excluding diaryl/α,β-unsaturated/α-hetero) is 1. The molecule has 1 aliphatic heterocycles. The fourth-order valence-electron chi connectivity index (χ4n) is 6.78. The third kappa shape index (κ3) is 5.77. The zero-order valence-corrected chi connectivity index (χ0v) is 26.9. The van der Waals surface area contributed by atoms with E-state index in [0.29, 0.717) is 0 Å². The molecule has 17 nitrogen and oxygen atoms in total. The van der Waals surface area contributed by atoms with Crippen LogP contribution in [0, 0.1) is 0 Å². The molecule has 2 heterocycles. The molecule has 0 spiro atoms. The van der Waals surface area contributed by atoms with Crippen LogP contribution in [0.1, 0.15) is 92.7 Å². The highest BCUT2D eigenvalue weighted by molar-refractivity contribution is 6.31. The number of ether oxygens (including phenoxy) is 3. The predicted octanol–water partition coefficient (Wildman–Crippen LogP) is 0.199. The number of phenols is 2. The van der Waals surface area contributed by atoms with E-state index in [1.807, 2.05) is 4.98 Å². The van der Waals surface area contributed by atoms with Crippen LogP contribution in [-0.2, 0) is 25.5 Å². The molecule has 2 aromatic carbocycles. The molecule has 0 radical (unpaired) electrons. The highest BCUT2D eigenvalue weighted by Gasteiger charge is 2.50. The Morgan fingerprint density at radius 1 is 1.06 bits per heavy atom. The molecule has 2 aliphatic carbocycles. The molecule has 1 fully saturated rings. The van der Waals surface area contributed by atoms with Gasteiger partial charge in [0, 0.05) is 48.4 Å². The van der Waals surface area contributed by atoms with Crippen molar-refractivity contribution in [2.75, 3.05) is 7.11 Å². The van der Waals surface area contributed by atoms with Crippen LogP contribution >= 0.6 is 0 Å². The standard InChI is InChI=1S/C33H33N3O14/c1-4-19(37)33(46)10-14-23(30(43)25-24(28(14)41)27(40)13-6-5-7-17(47-3)22(13)29(25)42)18(11-33)49-21-9-15(26(39)12(2)48-21)36-50-31(44)16-8-20(38)35-32(45)34-16/h5-8,12,15,18,21,26,36,39,41,43,46H,4,9-11H2,1-3H3,(H2,34,35,38,45)/t12-,15-,18-,21-,26+,33-/m0/s1. The van der Waals surface area contributed by atoms with Gasteiger partial charge in [-0.25, -0.2) is 9.59 Å². The fraction of sp³-hybridized carbons (Fsp3) is 0.394. The summed E-state index contributed by atoms with van der Waals surface area (Å²) in [6, 6.07) is 4.04. The van der Waals surface area contributed by atoms with Crippen molar-refractivity contribution in [3.63, 3.8) is 0 Å². The van der Waals surface area contributed by atoms with Gasteiger partial charge in [-0.2, -0.15) is 0 Å². The summed E-state index contributed by atoms with van der Waals surface area (Å²) in [4.78, 5) is 85.4. The second-order valence-electron chi connectivity index (χ2n) is 12.3. The molecule has 3 aromatic rings. The summed E-state index contributed by atoms with van der Waals surface area (Å²) in [6.07, 6.45) is -6.29. The van der Waals surface area contributed by atoms with Crippen molar-refractivity contribution in [1.29, 1.82) is 0 Å². The molecule has 50 heavy (non-hydrogen) atoms. The van der Waals surface area contributed by atoms with Gasteiger partial charge in [0.05, 0.1) is 48.2 Å². The highest BCUT2D eigenvalue weighted by Crippen LogP contribution is 2.52. The lowest BCUT2D eigenvalue weighted by Crippen LogP contribution is -2.55. The highest BCUT2D eigenvalue weighted by atomic mass is 16.7. The van der Waals surface area contributed by atoms with E-state index >= 15 is 0 Å². The topological polar surface area (TPSA) is 264 Å². The van der Waals surface area contributed by atoms with E-state index in [1.54, 1.807) is 0 Å². The summed E-state index contributed by atoms with van der Waals surface area (Å²) < 4.78 is 17.3. The Bertz CT molecular complexity index is 2030. The van der Waals surface area contributed by atoms with Crippen molar-refractivity contribution in [2.24, 2.45) is 0 Å². The summed E-state index contributed by atoms with van der Waals surface area (Å²) >= 11 is 0. The summed E-state index contributed by atoms with van der Waals surface area (Å²) in [6.45, 7) is 3.00. The van der Waals surface area contributed by atoms with Crippen molar-refractivity contribution in [2.45, 2.75) is 75.8 Å². The first-order chi connectivity index (χ1) is 23.7. The number of hydrogen-bond donors (Lipinski definition) is 7. The van der Waals surface area contributed by atoms with Crippen LogP contribution < -0.4 is 21.5 Å². The molecule has 6 atom stereocenters. The van der Waals surface area contributed by atoms with E-state index in [9.17, 15) is 49.2 Å². The molecule has 0 bridgehead atoms. The monoisotopic (exact) mass is 695 g/mol. The first kappa shape index (κ1) is 34.7. The third-order valence-electron chi connectivity index (χ3n) is 9.22. The van der Waals surface area contributed by atoms with Crippen LogP contribution in [-0.4, -0.2) is 91.0 Å². The number of aromatic amines is 2. The largest absolute Gasteiger partial charge is 0.507 e. The van der Waals surface area contributed by atoms with Gasteiger partial charge in [0.25, 0.3) is 5.56 Å². The van der Waals surface area contributed by atoms with Gasteiger partial charge in [0.15, 0.2) is 17.9 Å². The number of rotatable bonds is 8. The molecule has 3 aliphatic rings. The maximum absolute atomic E-state index is 13.9. The fourth-order valence-corrected chi connectivity index (χ4v) is 6.78. The van der Waals surface area contributed by atoms with Gasteiger partial charge < -0.3 is 44.5 Å². The van der Waals surface area contributed by atoms with Crippen LogP contribution in [0.4, 0.5) is 0 Å². The Labute approximate surface area is 281 Å². The number of methoxy groups -OCH3 is 1. The van der Waals surface area contributed by atoms with Crippen LogP contribution in [0.3, 0.4) is 0 Å². The normalized spacial score (nSPS) is 25.7. The van der Waals surface area contributed by atoms with E-state index in [-0.39, 0.29) is 40.8 Å². The number of nitrogens with one attached hydrogen (secondary N) is 3. The summed E-state index contributed by atoms with van der Waals surface area (Å²) in [7, 11) is 1.30. The van der Waals surface area contributed by atoms with Crippen LogP contribution in [0.2, 0.25) is 0 Å². The Morgan fingerprint density at radius 2 is 1.78 bits per heavy atom. The Morgan fingerprint density at radius 3 is 2.46 bits per heavy atom. The minimum absolute atomic E-state index is 0.0617. The Hall–Kier alpha value is -5.20. The number of H-pyrrole nitrogens is 2. The second-order valence-corrected chi connectivity index (χ2v) is 12.3. The molecule has 1 saturated heterocycles. The molecule has 0 amide bonds. The summed E-state index contributed by atoms with van der Waals surface area (Å²) in [5, 5.41) is 45.7. The molecule has 264 valence electrons. The van der Waals surface area contributed by atoms with Gasteiger partial charge in [-0.1, -0.05) is 19.1 Å². The summed E-state index contributed by atoms with van der Waals surface area (Å²) in [5.74, 6) is -4.74. The van der Waals surface area contributed by atoms with Gasteiger partial charge in [-0.05, 0) is 13.0 Å². The van der Waals surface area contributed by atoms with Gasteiger partial charge in [-0.3, -0.25) is 24.2 Å². The van der Waals surface area contributed by atoms with Crippen LogP contribution in [0.25, 0.3) is 0 Å². The molecule has 0 unspecified atom stereocenters. The first-order valence-electron chi connectivity index (χ1n) is 15.6. The minimum atomic E-state index is -2.13. The smallest absolute Gasteiger partial charge is 0.373 e. The summed E-state index contributed by atoms with van der Waals surface area (Å²) in [5.41, 5.74) is -3.59. The van der Waals surface area contributed by atoms with Gasteiger partial charge in [-0.15, -0.1) is 5.48 Å². The van der Waals surface area contributed by atoms with E-state index in [2.05, 4.69) is 10.5 Å². The number of ketones is 3. The number of phenolic OH excluding ortho intramolecular Hbond substituents is 2. The molecule has 6 rings (SSSR count). The predicted molar refractivity (Wildman–Crippen MR) is 167 cm³/mol. The van der Waals surface area contributed by atoms with E-state index < -0.39 is 112 Å². The van der Waals surface area contributed by atoms with E-state index in [0.717, 1.165) is 6.07 Å². The lowest BCUT2D eigenvalue weighted by molar-refractivity contribution is -0.255. The van der Waals surface area contributed by atoms with E-state index in [4.69, 9.17) is 19.0 Å². The maximum Gasteiger partial charge on any atom is 0.373 e. The number of hydrogen-bond acceptors (Lipinski definition) is 15. The molecular weight excluding hydrogens is 662 g/mol. The first-order valence-corrected chi connectivity index (χ1v) is 15.6. The van der Waals surface area contributed by atoms with Crippen molar-refractivity contribution in [3.8, 4) is 17.2 Å². The van der Waals surface area contributed by atoms with Gasteiger partial charge in [0.1, 0.15) is 28.5 Å². The number of aromatic hydroxyl groups is 2. The number of fused-ring (bicyclic) bond motifs is 3. The number of hydroxylamine groups is 1. The molecule has 1 aromatic heterocycles. The van der Waals surface area contributed by atoms with Crippen molar-refractivity contribution in [3.05, 3.63) is 84.2 Å². The average Bonchev–Trinajstić information content (AvgIpc) is 3.07. The number of aliphatic hydroxyl groups excluding tert-OH is 1. The van der Waals surface area contributed by atoms with Crippen LogP contribution in [0.5, 0.6) is 17.2 Å². The lowest BCUT2D eigenvalue weighted by Gasteiger charge is -2.42. The van der Waals surface area contributed by atoms with Crippen molar-refractivity contribution in [1.82, 2.24) is 15.4 Å². The molecular formula is C33H33N3O14. The minimum Gasteiger partial charge on any atom is -0.507 e. The zero-order chi connectivity index (χ0) is 36.2. The Kier molecular flexibility index (Phi) is 8.96. The quantitative estimate of drug-likeness (QED) is 0.0959. The molecule has 17 heteroatoms. The maximum atomic E-state index is 13.9. The number of benzene rings is 2. The lowest BCUT2D eigenvalue weighted by atomic mass is 9.71. The molecule has 7 N–H and O–H groups in total. The second kappa shape index (κ2) is 12.9. The average molecular weight is 696 g/mol. The number of aromatic nitrogens is 2. The van der Waals surface area contributed by atoms with Crippen molar-refractivity contribution >= 4 is 23.3 Å². The van der Waals surface area contributed by atoms with Gasteiger partial charge in [0.2, 0.25) is 5.78 Å². The van der Waals surface area contributed by atoms with Gasteiger partial charge >= 0.3 is 11.7 Å². The Balaban J connectivity index is 1.36. The number of aliphatic hydroxyl groups is 2.